The predicted octanol–water partition coefficient (Wildman–Crippen LogP) is 3.48. The van der Waals surface area contributed by atoms with E-state index in [1.807, 2.05) is 0 Å². The molecule has 1 saturated carbocycles. The number of nitriles is 1. The molecule has 2 aliphatic rings. The zero-order chi connectivity index (χ0) is 14.5. The van der Waals surface area contributed by atoms with Crippen LogP contribution in [0.2, 0.25) is 0 Å². The first kappa shape index (κ1) is 14.4. The van der Waals surface area contributed by atoms with Crippen molar-refractivity contribution in [2.24, 2.45) is 5.92 Å². The van der Waals surface area contributed by atoms with Crippen molar-refractivity contribution >= 4 is 5.69 Å². The Hall–Kier alpha value is -1.53. The Bertz CT molecular complexity index is 482. The monoisotopic (exact) mass is 283 g/mol. The molecule has 1 saturated heterocycles. The van der Waals surface area contributed by atoms with Crippen molar-refractivity contribution in [1.29, 1.82) is 5.26 Å². The van der Waals surface area contributed by atoms with Crippen LogP contribution in [-0.2, 0) is 6.42 Å². The van der Waals surface area contributed by atoms with Gasteiger partial charge in [-0.25, -0.2) is 0 Å². The Morgan fingerprint density at radius 2 is 1.95 bits per heavy atom. The molecule has 0 aromatic heterocycles. The van der Waals surface area contributed by atoms with Gasteiger partial charge in [-0.05, 0) is 55.8 Å². The molecule has 2 N–H and O–H groups in total. The number of anilines is 1. The van der Waals surface area contributed by atoms with Gasteiger partial charge in [0.2, 0.25) is 0 Å². The molecule has 0 amide bonds. The molecule has 3 atom stereocenters. The molecule has 3 heteroatoms. The number of benzene rings is 1. The zero-order valence-electron chi connectivity index (χ0n) is 12.6. The lowest BCUT2D eigenvalue weighted by atomic mass is 9.88. The van der Waals surface area contributed by atoms with Gasteiger partial charge in [0.15, 0.2) is 0 Å². The maximum absolute atomic E-state index is 8.73. The number of nitrogens with one attached hydrogen (secondary N) is 2. The van der Waals surface area contributed by atoms with Gasteiger partial charge in [0.1, 0.15) is 0 Å². The summed E-state index contributed by atoms with van der Waals surface area (Å²) in [5.74, 6) is 0.768. The number of hydrogen-bond donors (Lipinski definition) is 2. The highest BCUT2D eigenvalue weighted by Gasteiger charge is 2.34. The summed E-state index contributed by atoms with van der Waals surface area (Å²) in [5.41, 5.74) is 2.30. The van der Waals surface area contributed by atoms with E-state index in [1.165, 1.54) is 50.8 Å². The van der Waals surface area contributed by atoms with Crippen molar-refractivity contribution in [3.05, 3.63) is 29.8 Å². The van der Waals surface area contributed by atoms with Crippen molar-refractivity contribution in [3.63, 3.8) is 0 Å². The molecule has 0 radical (unpaired) electrons. The van der Waals surface area contributed by atoms with Crippen molar-refractivity contribution in [2.45, 2.75) is 57.0 Å². The Labute approximate surface area is 127 Å². The molecule has 112 valence electrons. The summed E-state index contributed by atoms with van der Waals surface area (Å²) >= 11 is 0. The molecule has 1 aromatic rings. The Kier molecular flexibility index (Phi) is 4.77. The number of rotatable bonds is 4. The lowest BCUT2D eigenvalue weighted by Gasteiger charge is -2.33. The van der Waals surface area contributed by atoms with Crippen molar-refractivity contribution in [3.8, 4) is 6.07 Å². The summed E-state index contributed by atoms with van der Waals surface area (Å²) in [4.78, 5) is 0. The highest BCUT2D eigenvalue weighted by atomic mass is 15.0. The van der Waals surface area contributed by atoms with Gasteiger partial charge in [-0.2, -0.15) is 5.26 Å². The third kappa shape index (κ3) is 3.57. The van der Waals surface area contributed by atoms with Gasteiger partial charge in [-0.1, -0.05) is 25.0 Å². The maximum Gasteiger partial charge on any atom is 0.0669 e. The molecule has 21 heavy (non-hydrogen) atoms. The van der Waals surface area contributed by atoms with Crippen LogP contribution in [0.1, 0.15) is 44.1 Å². The molecular weight excluding hydrogens is 258 g/mol. The van der Waals surface area contributed by atoms with E-state index >= 15 is 0 Å². The molecule has 0 spiro atoms. The molecule has 2 fully saturated rings. The number of hydrogen-bond acceptors (Lipinski definition) is 3. The van der Waals surface area contributed by atoms with Gasteiger partial charge >= 0.3 is 0 Å². The van der Waals surface area contributed by atoms with E-state index < -0.39 is 0 Å². The summed E-state index contributed by atoms with van der Waals surface area (Å²) in [5, 5.41) is 16.2. The molecule has 3 unspecified atom stereocenters. The molecule has 0 bridgehead atoms. The van der Waals surface area contributed by atoms with Gasteiger partial charge in [0.25, 0.3) is 0 Å². The minimum atomic E-state index is 0.498. The second kappa shape index (κ2) is 6.95. The van der Waals surface area contributed by atoms with Gasteiger partial charge < -0.3 is 10.6 Å². The van der Waals surface area contributed by atoms with E-state index in [9.17, 15) is 0 Å². The molecule has 1 aliphatic carbocycles. The predicted molar refractivity (Wildman–Crippen MR) is 86.2 cm³/mol. The highest BCUT2D eigenvalue weighted by molar-refractivity contribution is 5.46. The van der Waals surface area contributed by atoms with Crippen LogP contribution in [0.15, 0.2) is 24.3 Å². The van der Waals surface area contributed by atoms with Crippen LogP contribution < -0.4 is 10.6 Å². The minimum Gasteiger partial charge on any atom is -0.382 e. The van der Waals surface area contributed by atoms with Crippen LogP contribution in [-0.4, -0.2) is 18.6 Å². The first-order valence-corrected chi connectivity index (χ1v) is 8.32. The summed E-state index contributed by atoms with van der Waals surface area (Å²) in [6.45, 7) is 1.19. The Morgan fingerprint density at radius 3 is 2.67 bits per heavy atom. The minimum absolute atomic E-state index is 0.498. The number of piperidine rings is 1. The van der Waals surface area contributed by atoms with Gasteiger partial charge in [0, 0.05) is 17.8 Å². The van der Waals surface area contributed by atoms with E-state index in [2.05, 4.69) is 41.0 Å². The lowest BCUT2D eigenvalue weighted by molar-refractivity contribution is 0.286. The summed E-state index contributed by atoms with van der Waals surface area (Å²) in [6.07, 6.45) is 8.52. The first-order chi connectivity index (χ1) is 10.4. The summed E-state index contributed by atoms with van der Waals surface area (Å²) in [7, 11) is 0. The van der Waals surface area contributed by atoms with Crippen LogP contribution in [0.4, 0.5) is 5.69 Å². The first-order valence-electron chi connectivity index (χ1n) is 8.32. The molecular formula is C18H25N3. The topological polar surface area (TPSA) is 47.9 Å². The maximum atomic E-state index is 8.73. The van der Waals surface area contributed by atoms with Crippen LogP contribution in [0.25, 0.3) is 0 Å². The van der Waals surface area contributed by atoms with Crippen LogP contribution >= 0.6 is 0 Å². The smallest absolute Gasteiger partial charge is 0.0669 e. The zero-order valence-corrected chi connectivity index (χ0v) is 12.6. The fraction of sp³-hybridized carbons (Fsp3) is 0.611. The Morgan fingerprint density at radius 1 is 1.10 bits per heavy atom. The van der Waals surface area contributed by atoms with Crippen molar-refractivity contribution < 1.29 is 0 Å². The standard InChI is InChI=1S/C18H25N3/c19-12-11-14-7-9-15(10-8-14)21-18-6-3-4-16(18)17-5-1-2-13-20-17/h7-10,16-18,20-21H,1-6,11,13H2. The number of nitrogens with zero attached hydrogens (tertiary/aromatic N) is 1. The molecule has 3 rings (SSSR count). The summed E-state index contributed by atoms with van der Waals surface area (Å²) in [6, 6.07) is 11.9. The quantitative estimate of drug-likeness (QED) is 0.889. The normalized spacial score (nSPS) is 29.0. The molecule has 1 aromatic carbocycles. The van der Waals surface area contributed by atoms with Crippen LogP contribution in [0.3, 0.4) is 0 Å². The second-order valence-electron chi connectivity index (χ2n) is 6.43. The fourth-order valence-electron chi connectivity index (χ4n) is 3.92. The van der Waals surface area contributed by atoms with Crippen molar-refractivity contribution in [2.75, 3.05) is 11.9 Å². The van der Waals surface area contributed by atoms with Gasteiger partial charge in [-0.3, -0.25) is 0 Å². The van der Waals surface area contributed by atoms with Crippen LogP contribution in [0, 0.1) is 17.2 Å². The Balaban J connectivity index is 1.61. The van der Waals surface area contributed by atoms with Gasteiger partial charge in [-0.15, -0.1) is 0 Å². The average Bonchev–Trinajstić information content (AvgIpc) is 2.98. The highest BCUT2D eigenvalue weighted by Crippen LogP contribution is 2.33. The van der Waals surface area contributed by atoms with E-state index in [4.69, 9.17) is 5.26 Å². The molecule has 1 aliphatic heterocycles. The van der Waals surface area contributed by atoms with Crippen molar-refractivity contribution in [1.82, 2.24) is 5.32 Å². The fourth-order valence-corrected chi connectivity index (χ4v) is 3.92. The summed E-state index contributed by atoms with van der Waals surface area (Å²) < 4.78 is 0. The van der Waals surface area contributed by atoms with E-state index in [0.29, 0.717) is 18.5 Å². The van der Waals surface area contributed by atoms with E-state index in [-0.39, 0.29) is 0 Å². The van der Waals surface area contributed by atoms with Gasteiger partial charge in [0.05, 0.1) is 12.5 Å². The molecule has 1 heterocycles. The van der Waals surface area contributed by atoms with Crippen LogP contribution in [0.5, 0.6) is 0 Å². The SMILES string of the molecule is N#CCc1ccc(NC2CCCC2C2CCCCN2)cc1. The average molecular weight is 283 g/mol. The largest absolute Gasteiger partial charge is 0.382 e. The molecule has 3 nitrogen and oxygen atoms in total. The third-order valence-electron chi connectivity index (χ3n) is 5.02. The van der Waals surface area contributed by atoms with E-state index in [0.717, 1.165) is 11.5 Å². The second-order valence-corrected chi connectivity index (χ2v) is 6.43. The lowest BCUT2D eigenvalue weighted by Crippen LogP contribution is -2.44. The van der Waals surface area contributed by atoms with E-state index in [1.54, 1.807) is 0 Å². The third-order valence-corrected chi connectivity index (χ3v) is 5.02.